The number of amides is 1. The first-order valence-electron chi connectivity index (χ1n) is 12.1. The Morgan fingerprint density at radius 2 is 1.94 bits per heavy atom. The Balaban J connectivity index is 1.38. The standard InChI is InChI=1S/C25H36N4O3/c1-25(2,3)21-15-31-12-11-29(21)24-27-22-19(9-6-10-20(22)32-24)23(30)26-16-13-17-7-5-8-18(14-16)28(17)4/h6,9-10,16-18,21H,5,7-8,11-15H2,1-4H3,(H,26,30)/t17-,18-,21-/m1/s1. The van der Waals surface area contributed by atoms with E-state index in [1.54, 1.807) is 0 Å². The lowest BCUT2D eigenvalue weighted by Crippen LogP contribution is -2.55. The average molecular weight is 441 g/mol. The molecule has 0 saturated carbocycles. The molecule has 1 amide bonds. The number of oxazole rings is 1. The van der Waals surface area contributed by atoms with Gasteiger partial charge < -0.3 is 24.3 Å². The number of ether oxygens (including phenoxy) is 1. The van der Waals surface area contributed by atoms with Crippen molar-refractivity contribution in [3.63, 3.8) is 0 Å². The predicted molar refractivity (Wildman–Crippen MR) is 125 cm³/mol. The number of fused-ring (bicyclic) bond motifs is 3. The molecular weight excluding hydrogens is 404 g/mol. The van der Waals surface area contributed by atoms with Gasteiger partial charge in [-0.25, -0.2) is 0 Å². The van der Waals surface area contributed by atoms with Crippen LogP contribution in [0.3, 0.4) is 0 Å². The number of aromatic nitrogens is 1. The smallest absolute Gasteiger partial charge is 0.298 e. The number of rotatable bonds is 3. The molecule has 3 aliphatic heterocycles. The van der Waals surface area contributed by atoms with Gasteiger partial charge >= 0.3 is 0 Å². The van der Waals surface area contributed by atoms with Crippen LogP contribution in [0, 0.1) is 5.41 Å². The second-order valence-corrected chi connectivity index (χ2v) is 10.8. The Labute approximate surface area is 190 Å². The fourth-order valence-electron chi connectivity index (χ4n) is 5.79. The van der Waals surface area contributed by atoms with Crippen molar-refractivity contribution in [1.82, 2.24) is 15.2 Å². The van der Waals surface area contributed by atoms with Crippen molar-refractivity contribution in [3.8, 4) is 0 Å². The zero-order valence-corrected chi connectivity index (χ0v) is 19.8. The summed E-state index contributed by atoms with van der Waals surface area (Å²) in [5, 5.41) is 3.32. The second kappa shape index (κ2) is 8.34. The van der Waals surface area contributed by atoms with Crippen LogP contribution < -0.4 is 10.2 Å². The summed E-state index contributed by atoms with van der Waals surface area (Å²) in [7, 11) is 2.24. The first-order valence-corrected chi connectivity index (χ1v) is 12.1. The number of benzene rings is 1. The quantitative estimate of drug-likeness (QED) is 0.782. The molecule has 1 N–H and O–H groups in total. The van der Waals surface area contributed by atoms with Gasteiger partial charge in [-0.05, 0) is 50.3 Å². The molecule has 0 spiro atoms. The molecule has 1 aromatic heterocycles. The van der Waals surface area contributed by atoms with Crippen LogP contribution in [0.2, 0.25) is 0 Å². The largest absolute Gasteiger partial charge is 0.423 e. The van der Waals surface area contributed by atoms with Gasteiger partial charge in [0.2, 0.25) is 0 Å². The summed E-state index contributed by atoms with van der Waals surface area (Å²) in [4.78, 5) is 22.8. The van der Waals surface area contributed by atoms with E-state index >= 15 is 0 Å². The molecule has 3 fully saturated rings. The van der Waals surface area contributed by atoms with E-state index in [9.17, 15) is 4.79 Å². The van der Waals surface area contributed by atoms with Crippen LogP contribution in [0.5, 0.6) is 0 Å². The third-order valence-electron chi connectivity index (χ3n) is 7.70. The molecule has 3 saturated heterocycles. The summed E-state index contributed by atoms with van der Waals surface area (Å²) in [5.41, 5.74) is 1.93. The molecule has 32 heavy (non-hydrogen) atoms. The van der Waals surface area contributed by atoms with Crippen LogP contribution in [0.25, 0.3) is 11.1 Å². The third kappa shape index (κ3) is 4.01. The number of piperidine rings is 2. The van der Waals surface area contributed by atoms with E-state index in [-0.39, 0.29) is 23.4 Å². The number of para-hydroxylation sites is 1. The number of hydrogen-bond donors (Lipinski definition) is 1. The van der Waals surface area contributed by atoms with Gasteiger partial charge in [0.15, 0.2) is 5.58 Å². The van der Waals surface area contributed by atoms with E-state index in [4.69, 9.17) is 14.1 Å². The molecule has 2 aromatic rings. The molecule has 174 valence electrons. The molecule has 5 rings (SSSR count). The molecule has 0 aliphatic carbocycles. The maximum absolute atomic E-state index is 13.3. The zero-order valence-electron chi connectivity index (χ0n) is 19.8. The fraction of sp³-hybridized carbons (Fsp3) is 0.680. The van der Waals surface area contributed by atoms with E-state index in [1.165, 1.54) is 19.3 Å². The lowest BCUT2D eigenvalue weighted by Gasteiger charge is -2.47. The number of carbonyl (C=O) groups excluding carboxylic acids is 1. The molecule has 0 unspecified atom stereocenters. The fourth-order valence-corrected chi connectivity index (χ4v) is 5.79. The van der Waals surface area contributed by atoms with Gasteiger partial charge in [0.25, 0.3) is 11.9 Å². The summed E-state index contributed by atoms with van der Waals surface area (Å²) >= 11 is 0. The predicted octanol–water partition coefficient (Wildman–Crippen LogP) is 3.82. The summed E-state index contributed by atoms with van der Waals surface area (Å²) in [6.45, 7) is 8.65. The van der Waals surface area contributed by atoms with Gasteiger partial charge in [-0.3, -0.25) is 4.79 Å². The van der Waals surface area contributed by atoms with Crippen molar-refractivity contribution >= 4 is 23.0 Å². The third-order valence-corrected chi connectivity index (χ3v) is 7.70. The Morgan fingerprint density at radius 1 is 1.19 bits per heavy atom. The Hall–Kier alpha value is -2.12. The number of nitrogens with zero attached hydrogens (tertiary/aromatic N) is 3. The summed E-state index contributed by atoms with van der Waals surface area (Å²) in [5.74, 6) is -0.0441. The van der Waals surface area contributed by atoms with Gasteiger partial charge in [-0.2, -0.15) is 4.98 Å². The Morgan fingerprint density at radius 3 is 2.66 bits per heavy atom. The molecule has 7 heteroatoms. The van der Waals surface area contributed by atoms with Gasteiger partial charge in [0, 0.05) is 24.7 Å². The van der Waals surface area contributed by atoms with Crippen molar-refractivity contribution in [2.45, 2.75) is 77.0 Å². The molecule has 2 bridgehead atoms. The normalized spacial score (nSPS) is 29.3. The van der Waals surface area contributed by atoms with Crippen LogP contribution >= 0.6 is 0 Å². The number of carbonyl (C=O) groups is 1. The maximum Gasteiger partial charge on any atom is 0.298 e. The highest BCUT2D eigenvalue weighted by molar-refractivity contribution is 6.04. The van der Waals surface area contributed by atoms with Crippen molar-refractivity contribution in [3.05, 3.63) is 23.8 Å². The molecule has 0 radical (unpaired) electrons. The van der Waals surface area contributed by atoms with Crippen molar-refractivity contribution in [2.24, 2.45) is 5.41 Å². The van der Waals surface area contributed by atoms with E-state index in [0.717, 1.165) is 19.4 Å². The van der Waals surface area contributed by atoms with E-state index in [2.05, 4.69) is 42.9 Å². The van der Waals surface area contributed by atoms with Crippen molar-refractivity contribution < 1.29 is 13.9 Å². The second-order valence-electron chi connectivity index (χ2n) is 10.8. The van der Waals surface area contributed by atoms with Crippen LogP contribution in [0.1, 0.15) is 63.2 Å². The van der Waals surface area contributed by atoms with Gasteiger partial charge in [-0.15, -0.1) is 0 Å². The molecule has 1 aromatic carbocycles. The van der Waals surface area contributed by atoms with E-state index in [0.29, 0.717) is 48.0 Å². The van der Waals surface area contributed by atoms with Gasteiger partial charge in [0.05, 0.1) is 24.8 Å². The highest BCUT2D eigenvalue weighted by Crippen LogP contribution is 2.34. The Kier molecular flexibility index (Phi) is 5.66. The average Bonchev–Trinajstić information content (AvgIpc) is 3.18. The summed E-state index contributed by atoms with van der Waals surface area (Å²) < 4.78 is 11.9. The maximum atomic E-state index is 13.3. The Bertz CT molecular complexity index is 967. The molecular formula is C25H36N4O3. The highest BCUT2D eigenvalue weighted by Gasteiger charge is 2.38. The van der Waals surface area contributed by atoms with E-state index in [1.807, 2.05) is 18.2 Å². The summed E-state index contributed by atoms with van der Waals surface area (Å²) in [6, 6.07) is 7.78. The lowest BCUT2D eigenvalue weighted by atomic mass is 9.82. The van der Waals surface area contributed by atoms with Crippen LogP contribution in [-0.4, -0.2) is 66.8 Å². The first kappa shape index (κ1) is 21.7. The van der Waals surface area contributed by atoms with Crippen molar-refractivity contribution in [2.75, 3.05) is 31.7 Å². The number of hydrogen-bond acceptors (Lipinski definition) is 6. The first-order chi connectivity index (χ1) is 15.3. The topological polar surface area (TPSA) is 70.8 Å². The number of morpholine rings is 1. The van der Waals surface area contributed by atoms with Crippen LogP contribution in [0.15, 0.2) is 22.6 Å². The van der Waals surface area contributed by atoms with Gasteiger partial charge in [-0.1, -0.05) is 33.3 Å². The van der Waals surface area contributed by atoms with Crippen molar-refractivity contribution in [1.29, 1.82) is 0 Å². The van der Waals surface area contributed by atoms with Crippen LogP contribution in [0.4, 0.5) is 6.01 Å². The minimum Gasteiger partial charge on any atom is -0.423 e. The minimum atomic E-state index is -0.0441. The minimum absolute atomic E-state index is 0.0213. The number of anilines is 1. The van der Waals surface area contributed by atoms with E-state index < -0.39 is 0 Å². The highest BCUT2D eigenvalue weighted by atomic mass is 16.5. The SMILES string of the molecule is CN1[C@@H]2CCC[C@@H]1CC(NC(=O)c1cccc3oc(N4CCOC[C@@H]4C(C)(C)C)nc13)C2. The molecule has 7 nitrogen and oxygen atoms in total. The van der Waals surface area contributed by atoms with Gasteiger partial charge in [0.1, 0.15) is 5.52 Å². The molecule has 4 heterocycles. The monoisotopic (exact) mass is 440 g/mol. The molecule has 3 aliphatic rings. The molecule has 3 atom stereocenters. The zero-order chi connectivity index (χ0) is 22.5. The van der Waals surface area contributed by atoms with Crippen LogP contribution in [-0.2, 0) is 4.74 Å². The summed E-state index contributed by atoms with van der Waals surface area (Å²) in [6.07, 6.45) is 5.82. The number of nitrogens with one attached hydrogen (secondary N) is 1. The lowest BCUT2D eigenvalue weighted by molar-refractivity contribution is 0.0463.